The van der Waals surface area contributed by atoms with Crippen LogP contribution in [-0.4, -0.2) is 15.2 Å². The molecule has 1 N–H and O–H groups in total. The molecule has 0 amide bonds. The van der Waals surface area contributed by atoms with Gasteiger partial charge in [-0.25, -0.2) is 13.8 Å². The van der Waals surface area contributed by atoms with E-state index in [0.29, 0.717) is 11.4 Å². The Bertz CT molecular complexity index is 720. The normalized spacial score (nSPS) is 10.9. The summed E-state index contributed by atoms with van der Waals surface area (Å²) in [5.41, 5.74) is 0.165. The van der Waals surface area contributed by atoms with E-state index in [1.54, 1.807) is 6.92 Å². The second-order valence-electron chi connectivity index (χ2n) is 4.04. The molecule has 3 rings (SSSR count). The fourth-order valence-electron chi connectivity index (χ4n) is 1.76. The number of rotatable bonds is 2. The highest BCUT2D eigenvalue weighted by atomic mass is 32.1. The number of aromatic amines is 1. The van der Waals surface area contributed by atoms with Gasteiger partial charge in [0.1, 0.15) is 11.6 Å². The Balaban J connectivity index is 2.11. The van der Waals surface area contributed by atoms with Crippen LogP contribution in [0.4, 0.5) is 8.78 Å². The first-order valence-electron chi connectivity index (χ1n) is 5.58. The van der Waals surface area contributed by atoms with Crippen molar-refractivity contribution in [3.63, 3.8) is 0 Å². The molecule has 3 nitrogen and oxygen atoms in total. The maximum Gasteiger partial charge on any atom is 0.187 e. The van der Waals surface area contributed by atoms with E-state index in [0.717, 1.165) is 4.88 Å². The molecule has 2 heterocycles. The van der Waals surface area contributed by atoms with Gasteiger partial charge in [-0.2, -0.15) is 5.10 Å². The van der Waals surface area contributed by atoms with E-state index in [2.05, 4.69) is 15.2 Å². The SMILES string of the molecule is Cc1ccc(F)c(-c2n[nH]c(-c3cccs3)n2)c1F. The van der Waals surface area contributed by atoms with Gasteiger partial charge in [-0.05, 0) is 30.0 Å². The quantitative estimate of drug-likeness (QED) is 0.774. The Kier molecular flexibility index (Phi) is 2.87. The summed E-state index contributed by atoms with van der Waals surface area (Å²) in [4.78, 5) is 5.02. The molecule has 2 aromatic heterocycles. The Morgan fingerprint density at radius 3 is 2.79 bits per heavy atom. The van der Waals surface area contributed by atoms with Gasteiger partial charge in [-0.15, -0.1) is 11.3 Å². The Hall–Kier alpha value is -2.08. The molecule has 0 fully saturated rings. The maximum atomic E-state index is 14.0. The number of benzene rings is 1. The average Bonchev–Trinajstić information content (AvgIpc) is 3.04. The first-order chi connectivity index (χ1) is 9.16. The van der Waals surface area contributed by atoms with Crippen molar-refractivity contribution in [3.05, 3.63) is 46.8 Å². The molecule has 96 valence electrons. The van der Waals surface area contributed by atoms with Gasteiger partial charge in [0.05, 0.1) is 10.4 Å². The number of hydrogen-bond acceptors (Lipinski definition) is 3. The summed E-state index contributed by atoms with van der Waals surface area (Å²) in [7, 11) is 0. The van der Waals surface area contributed by atoms with Crippen LogP contribution in [0.5, 0.6) is 0 Å². The highest BCUT2D eigenvalue weighted by molar-refractivity contribution is 7.13. The largest absolute Gasteiger partial charge is 0.258 e. The lowest BCUT2D eigenvalue weighted by atomic mass is 10.1. The zero-order valence-corrected chi connectivity index (χ0v) is 10.8. The lowest BCUT2D eigenvalue weighted by Crippen LogP contribution is -1.94. The summed E-state index contributed by atoms with van der Waals surface area (Å²) in [6.07, 6.45) is 0. The summed E-state index contributed by atoms with van der Waals surface area (Å²) < 4.78 is 27.7. The molecule has 19 heavy (non-hydrogen) atoms. The summed E-state index contributed by atoms with van der Waals surface area (Å²) in [5, 5.41) is 8.49. The molecule has 0 aliphatic carbocycles. The van der Waals surface area contributed by atoms with Crippen LogP contribution in [0.2, 0.25) is 0 Å². The molecular formula is C13H9F2N3S. The number of halogens is 2. The minimum absolute atomic E-state index is 0.0297. The van der Waals surface area contributed by atoms with Crippen molar-refractivity contribution in [1.82, 2.24) is 15.2 Å². The topological polar surface area (TPSA) is 41.6 Å². The first kappa shape index (κ1) is 12.0. The van der Waals surface area contributed by atoms with Crippen LogP contribution >= 0.6 is 11.3 Å². The van der Waals surface area contributed by atoms with Crippen LogP contribution < -0.4 is 0 Å². The van der Waals surface area contributed by atoms with Crippen molar-refractivity contribution in [3.8, 4) is 22.1 Å². The van der Waals surface area contributed by atoms with Gasteiger partial charge in [0, 0.05) is 0 Å². The highest BCUT2D eigenvalue weighted by Gasteiger charge is 2.18. The highest BCUT2D eigenvalue weighted by Crippen LogP contribution is 2.28. The second-order valence-corrected chi connectivity index (χ2v) is 4.99. The van der Waals surface area contributed by atoms with E-state index < -0.39 is 11.6 Å². The van der Waals surface area contributed by atoms with Gasteiger partial charge in [0.25, 0.3) is 0 Å². The molecule has 0 aliphatic rings. The zero-order chi connectivity index (χ0) is 13.4. The van der Waals surface area contributed by atoms with Gasteiger partial charge in [-0.1, -0.05) is 12.1 Å². The molecule has 0 spiro atoms. The fourth-order valence-corrected chi connectivity index (χ4v) is 2.42. The molecule has 1 aromatic carbocycles. The number of aryl methyl sites for hydroxylation is 1. The second kappa shape index (κ2) is 4.55. The van der Waals surface area contributed by atoms with Crippen molar-refractivity contribution in [1.29, 1.82) is 0 Å². The zero-order valence-electron chi connectivity index (χ0n) is 9.95. The smallest absolute Gasteiger partial charge is 0.187 e. The molecule has 3 aromatic rings. The first-order valence-corrected chi connectivity index (χ1v) is 6.46. The number of hydrogen-bond donors (Lipinski definition) is 1. The van der Waals surface area contributed by atoms with Crippen LogP contribution in [0, 0.1) is 18.6 Å². The molecule has 0 saturated heterocycles. The molecule has 0 aliphatic heterocycles. The van der Waals surface area contributed by atoms with Gasteiger partial charge in [-0.3, -0.25) is 5.10 Å². The Labute approximate surface area is 111 Å². The number of aromatic nitrogens is 3. The van der Waals surface area contributed by atoms with Gasteiger partial charge >= 0.3 is 0 Å². The van der Waals surface area contributed by atoms with Crippen LogP contribution in [-0.2, 0) is 0 Å². The number of nitrogens with zero attached hydrogens (tertiary/aromatic N) is 2. The summed E-state index contributed by atoms with van der Waals surface area (Å²) in [6, 6.07) is 6.34. The van der Waals surface area contributed by atoms with Gasteiger partial charge in [0.2, 0.25) is 0 Å². The Morgan fingerprint density at radius 2 is 2.05 bits per heavy atom. The maximum absolute atomic E-state index is 14.0. The summed E-state index contributed by atoms with van der Waals surface area (Å²) in [6.45, 7) is 1.57. The monoisotopic (exact) mass is 277 g/mol. The van der Waals surface area contributed by atoms with Crippen molar-refractivity contribution in [2.75, 3.05) is 0 Å². The summed E-state index contributed by atoms with van der Waals surface area (Å²) >= 11 is 1.47. The molecule has 0 radical (unpaired) electrons. The van der Waals surface area contributed by atoms with E-state index in [4.69, 9.17) is 0 Å². The van der Waals surface area contributed by atoms with Crippen LogP contribution in [0.25, 0.3) is 22.1 Å². The van der Waals surface area contributed by atoms with Gasteiger partial charge in [0.15, 0.2) is 11.6 Å². The van der Waals surface area contributed by atoms with Crippen molar-refractivity contribution in [2.24, 2.45) is 0 Å². The molecule has 0 saturated carbocycles. The minimum Gasteiger partial charge on any atom is -0.258 e. The fraction of sp³-hybridized carbons (Fsp3) is 0.0769. The molecule has 0 bridgehead atoms. The van der Waals surface area contributed by atoms with Crippen LogP contribution in [0.1, 0.15) is 5.56 Å². The van der Waals surface area contributed by atoms with Crippen molar-refractivity contribution >= 4 is 11.3 Å². The third-order valence-corrected chi connectivity index (χ3v) is 3.62. The van der Waals surface area contributed by atoms with Crippen molar-refractivity contribution < 1.29 is 8.78 Å². The third-order valence-electron chi connectivity index (χ3n) is 2.75. The Morgan fingerprint density at radius 1 is 1.21 bits per heavy atom. The lowest BCUT2D eigenvalue weighted by Gasteiger charge is -2.02. The van der Waals surface area contributed by atoms with Gasteiger partial charge < -0.3 is 0 Å². The standard InChI is InChI=1S/C13H9F2N3S/c1-7-4-5-8(14)10(11(7)15)13-16-12(17-18-13)9-3-2-6-19-9/h2-6H,1H3,(H,16,17,18). The van der Waals surface area contributed by atoms with E-state index >= 15 is 0 Å². The molecule has 0 unspecified atom stereocenters. The predicted molar refractivity (Wildman–Crippen MR) is 69.8 cm³/mol. The van der Waals surface area contributed by atoms with E-state index in [-0.39, 0.29) is 11.4 Å². The number of H-pyrrole nitrogens is 1. The molecule has 0 atom stereocenters. The predicted octanol–water partition coefficient (Wildman–Crippen LogP) is 3.79. The van der Waals surface area contributed by atoms with E-state index in [1.165, 1.54) is 23.5 Å². The van der Waals surface area contributed by atoms with Crippen LogP contribution in [0.3, 0.4) is 0 Å². The molecule has 6 heteroatoms. The molecular weight excluding hydrogens is 268 g/mol. The minimum atomic E-state index is -0.667. The number of nitrogens with one attached hydrogen (secondary N) is 1. The lowest BCUT2D eigenvalue weighted by molar-refractivity contribution is 0.582. The van der Waals surface area contributed by atoms with Crippen molar-refractivity contribution in [2.45, 2.75) is 6.92 Å². The van der Waals surface area contributed by atoms with E-state index in [9.17, 15) is 8.78 Å². The number of thiophene rings is 1. The average molecular weight is 277 g/mol. The van der Waals surface area contributed by atoms with Crippen LogP contribution in [0.15, 0.2) is 29.6 Å². The third kappa shape index (κ3) is 2.04. The van der Waals surface area contributed by atoms with E-state index in [1.807, 2.05) is 17.5 Å². The summed E-state index contributed by atoms with van der Waals surface area (Å²) in [5.74, 6) is -0.760.